The van der Waals surface area contributed by atoms with Crippen LogP contribution in [0.2, 0.25) is 0 Å². The first-order valence-corrected chi connectivity index (χ1v) is 10.6. The lowest BCUT2D eigenvalue weighted by Gasteiger charge is -2.11. The number of rotatable bonds is 9. The number of nitrogens with one attached hydrogen (secondary N) is 2. The molecule has 3 aromatic carbocycles. The molecule has 0 bridgehead atoms. The van der Waals surface area contributed by atoms with Gasteiger partial charge in [0.2, 0.25) is 0 Å². The molecule has 0 aliphatic carbocycles. The van der Waals surface area contributed by atoms with E-state index in [0.29, 0.717) is 34.7 Å². The topological polar surface area (TPSA) is 85.9 Å². The molecule has 3 aromatic rings. The van der Waals surface area contributed by atoms with Crippen LogP contribution in [0.5, 0.6) is 11.5 Å². The fraction of sp³-hybridized carbons (Fsp3) is 0.167. The van der Waals surface area contributed by atoms with Gasteiger partial charge in [-0.25, -0.2) is 0 Å². The third kappa shape index (κ3) is 6.83. The third-order valence-corrected chi connectivity index (χ3v) is 5.01. The summed E-state index contributed by atoms with van der Waals surface area (Å²) in [6, 6.07) is 22.3. The monoisotopic (exact) mass is 498 g/mol. The van der Waals surface area contributed by atoms with Gasteiger partial charge in [-0.2, -0.15) is 0 Å². The Morgan fingerprint density at radius 1 is 0.844 bits per heavy atom. The van der Waals surface area contributed by atoms with Gasteiger partial charge in [-0.3, -0.25) is 20.4 Å². The maximum atomic E-state index is 12.3. The van der Waals surface area contributed by atoms with Gasteiger partial charge in [-0.05, 0) is 57.4 Å². The van der Waals surface area contributed by atoms with Crippen molar-refractivity contribution in [1.82, 2.24) is 10.9 Å². The molecule has 0 saturated carbocycles. The Morgan fingerprint density at radius 3 is 2.25 bits per heavy atom. The Labute approximate surface area is 194 Å². The van der Waals surface area contributed by atoms with Crippen LogP contribution < -0.4 is 20.3 Å². The van der Waals surface area contributed by atoms with E-state index in [-0.39, 0.29) is 6.61 Å². The molecule has 7 nitrogen and oxygen atoms in total. The normalized spacial score (nSPS) is 10.3. The van der Waals surface area contributed by atoms with Crippen LogP contribution in [0.1, 0.15) is 10.4 Å². The van der Waals surface area contributed by atoms with Crippen LogP contribution in [0, 0.1) is 0 Å². The molecule has 0 unspecified atom stereocenters. The molecule has 0 atom stereocenters. The maximum absolute atomic E-state index is 12.3. The molecular formula is C24H23BrN2O5. The average molecular weight is 499 g/mol. The minimum Gasteiger partial charge on any atom is -0.490 e. The molecule has 0 saturated heterocycles. The molecule has 0 spiro atoms. The Morgan fingerprint density at radius 2 is 1.56 bits per heavy atom. The number of carbonyl (C=O) groups is 2. The fourth-order valence-electron chi connectivity index (χ4n) is 2.75. The number of hydrazine groups is 1. The van der Waals surface area contributed by atoms with Gasteiger partial charge in [0.15, 0.2) is 6.61 Å². The second kappa shape index (κ2) is 11.9. The highest BCUT2D eigenvalue weighted by Gasteiger charge is 2.11. The Hall–Kier alpha value is -3.36. The summed E-state index contributed by atoms with van der Waals surface area (Å²) in [6.45, 7) is 0.618. The second-order valence-electron chi connectivity index (χ2n) is 6.67. The largest absolute Gasteiger partial charge is 0.490 e. The van der Waals surface area contributed by atoms with Gasteiger partial charge >= 0.3 is 0 Å². The van der Waals surface area contributed by atoms with Crippen LogP contribution in [-0.2, 0) is 9.53 Å². The molecule has 0 aliphatic rings. The highest BCUT2D eigenvalue weighted by atomic mass is 79.9. The minimum absolute atomic E-state index is 0.235. The minimum atomic E-state index is -0.482. The number of hydrogen-bond acceptors (Lipinski definition) is 5. The predicted molar refractivity (Wildman–Crippen MR) is 124 cm³/mol. The molecule has 166 valence electrons. The van der Waals surface area contributed by atoms with Crippen LogP contribution in [0.3, 0.4) is 0 Å². The lowest BCUT2D eigenvalue weighted by molar-refractivity contribution is -0.123. The van der Waals surface area contributed by atoms with Crippen molar-refractivity contribution in [3.63, 3.8) is 0 Å². The van der Waals surface area contributed by atoms with Crippen molar-refractivity contribution in [2.75, 3.05) is 26.9 Å². The fourth-order valence-corrected chi connectivity index (χ4v) is 3.25. The smallest absolute Gasteiger partial charge is 0.276 e. The Kier molecular flexibility index (Phi) is 8.65. The maximum Gasteiger partial charge on any atom is 0.276 e. The number of ether oxygens (including phenoxy) is 3. The predicted octanol–water partition coefficient (Wildman–Crippen LogP) is 3.98. The zero-order chi connectivity index (χ0) is 22.8. The van der Waals surface area contributed by atoms with Gasteiger partial charge in [-0.1, -0.05) is 42.5 Å². The number of amides is 2. The number of carbonyl (C=O) groups excluding carboxylic acids is 2. The Bertz CT molecular complexity index is 1040. The average Bonchev–Trinajstić information content (AvgIpc) is 2.83. The first kappa shape index (κ1) is 23.3. The number of hydrogen-bond donors (Lipinski definition) is 2. The van der Waals surface area contributed by atoms with Gasteiger partial charge in [0.1, 0.15) is 18.1 Å². The van der Waals surface area contributed by atoms with Gasteiger partial charge < -0.3 is 14.2 Å². The van der Waals surface area contributed by atoms with Crippen molar-refractivity contribution in [2.45, 2.75) is 0 Å². The zero-order valence-corrected chi connectivity index (χ0v) is 19.1. The summed E-state index contributed by atoms with van der Waals surface area (Å²) in [5.74, 6) is 0.201. The SMILES string of the molecule is COCCOc1ccc(C(=O)NNC(=O)COc2ccc(-c3ccccc3)cc2)cc1Br. The lowest BCUT2D eigenvalue weighted by Crippen LogP contribution is -2.43. The quantitative estimate of drug-likeness (QED) is 0.344. The van der Waals surface area contributed by atoms with Gasteiger partial charge in [-0.15, -0.1) is 0 Å². The van der Waals surface area contributed by atoms with Crippen molar-refractivity contribution in [3.8, 4) is 22.6 Å². The number of methoxy groups -OCH3 is 1. The molecule has 2 amide bonds. The summed E-state index contributed by atoms with van der Waals surface area (Å²) in [7, 11) is 1.59. The highest BCUT2D eigenvalue weighted by molar-refractivity contribution is 9.10. The standard InChI is InChI=1S/C24H23BrN2O5/c1-30-13-14-31-22-12-9-19(15-21(22)25)24(29)27-26-23(28)16-32-20-10-7-18(8-11-20)17-5-3-2-4-6-17/h2-12,15H,13-14,16H2,1H3,(H,26,28)(H,27,29). The summed E-state index contributed by atoms with van der Waals surface area (Å²) in [4.78, 5) is 24.3. The molecule has 0 heterocycles. The van der Waals surface area contributed by atoms with Gasteiger partial charge in [0.05, 0.1) is 11.1 Å². The summed E-state index contributed by atoms with van der Waals surface area (Å²) in [5.41, 5.74) is 7.21. The van der Waals surface area contributed by atoms with Crippen LogP contribution >= 0.6 is 15.9 Å². The highest BCUT2D eigenvalue weighted by Crippen LogP contribution is 2.26. The van der Waals surface area contributed by atoms with Crippen LogP contribution in [0.15, 0.2) is 77.3 Å². The van der Waals surface area contributed by atoms with E-state index in [9.17, 15) is 9.59 Å². The molecule has 2 N–H and O–H groups in total. The molecule has 32 heavy (non-hydrogen) atoms. The van der Waals surface area contributed by atoms with E-state index in [4.69, 9.17) is 14.2 Å². The third-order valence-electron chi connectivity index (χ3n) is 4.39. The summed E-state index contributed by atoms with van der Waals surface area (Å²) >= 11 is 3.37. The molecule has 0 aliphatic heterocycles. The van der Waals surface area contributed by atoms with Crippen LogP contribution in [-0.4, -0.2) is 38.7 Å². The van der Waals surface area contributed by atoms with E-state index in [1.165, 1.54) is 0 Å². The van der Waals surface area contributed by atoms with Crippen molar-refractivity contribution in [2.24, 2.45) is 0 Å². The summed E-state index contributed by atoms with van der Waals surface area (Å²) < 4.78 is 16.6. The molecule has 3 rings (SSSR count). The molecule has 0 fully saturated rings. The van der Waals surface area contributed by atoms with Crippen molar-refractivity contribution in [1.29, 1.82) is 0 Å². The lowest BCUT2D eigenvalue weighted by atomic mass is 10.1. The first-order valence-electron chi connectivity index (χ1n) is 9.85. The molecular weight excluding hydrogens is 476 g/mol. The summed E-state index contributed by atoms with van der Waals surface area (Å²) in [5, 5.41) is 0. The van der Waals surface area contributed by atoms with Crippen LogP contribution in [0.4, 0.5) is 0 Å². The number of halogens is 1. The van der Waals surface area contributed by atoms with E-state index in [2.05, 4.69) is 26.8 Å². The molecule has 0 aromatic heterocycles. The van der Waals surface area contributed by atoms with E-state index in [0.717, 1.165) is 11.1 Å². The van der Waals surface area contributed by atoms with Crippen molar-refractivity contribution in [3.05, 3.63) is 82.8 Å². The van der Waals surface area contributed by atoms with Crippen molar-refractivity contribution >= 4 is 27.7 Å². The zero-order valence-electron chi connectivity index (χ0n) is 17.5. The van der Waals surface area contributed by atoms with E-state index in [1.54, 1.807) is 37.4 Å². The second-order valence-corrected chi connectivity index (χ2v) is 7.52. The van der Waals surface area contributed by atoms with E-state index >= 15 is 0 Å². The van der Waals surface area contributed by atoms with E-state index < -0.39 is 11.8 Å². The van der Waals surface area contributed by atoms with Crippen molar-refractivity contribution < 1.29 is 23.8 Å². The number of benzene rings is 3. The molecule has 0 radical (unpaired) electrons. The first-order chi connectivity index (χ1) is 15.6. The Balaban J connectivity index is 1.44. The van der Waals surface area contributed by atoms with Crippen LogP contribution in [0.25, 0.3) is 11.1 Å². The van der Waals surface area contributed by atoms with Gasteiger partial charge in [0.25, 0.3) is 11.8 Å². The summed E-state index contributed by atoms with van der Waals surface area (Å²) in [6.07, 6.45) is 0. The molecule has 8 heteroatoms. The van der Waals surface area contributed by atoms with E-state index in [1.807, 2.05) is 42.5 Å². The van der Waals surface area contributed by atoms with Gasteiger partial charge in [0, 0.05) is 12.7 Å².